The van der Waals surface area contributed by atoms with Crippen LogP contribution in [0.15, 0.2) is 24.4 Å². The number of carboxylic acids is 2. The highest BCUT2D eigenvalue weighted by Crippen LogP contribution is 2.25. The molecule has 2 rings (SSSR count). The van der Waals surface area contributed by atoms with E-state index in [1.54, 1.807) is 7.05 Å². The molecular weight excluding hydrogens is 386 g/mol. The molecule has 156 valence electrons. The third kappa shape index (κ3) is 7.57. The van der Waals surface area contributed by atoms with Crippen molar-refractivity contribution < 1.29 is 28.2 Å². The first kappa shape index (κ1) is 23.4. The molecule has 0 fully saturated rings. The molecule has 9 nitrogen and oxygen atoms in total. The van der Waals surface area contributed by atoms with Gasteiger partial charge >= 0.3 is 11.9 Å². The van der Waals surface area contributed by atoms with Gasteiger partial charge in [0.2, 0.25) is 10.0 Å². The van der Waals surface area contributed by atoms with E-state index in [0.717, 1.165) is 23.9 Å². The zero-order chi connectivity index (χ0) is 21.5. The first-order valence-electron chi connectivity index (χ1n) is 8.54. The topological polar surface area (TPSA) is 131 Å². The van der Waals surface area contributed by atoms with Crippen LogP contribution >= 0.6 is 0 Å². The number of benzene rings is 1. The van der Waals surface area contributed by atoms with E-state index >= 15 is 0 Å². The maximum absolute atomic E-state index is 11.6. The number of nitrogens with one attached hydrogen (secondary N) is 1. The van der Waals surface area contributed by atoms with E-state index in [9.17, 15) is 18.0 Å². The van der Waals surface area contributed by atoms with Gasteiger partial charge in [-0.25, -0.2) is 8.42 Å². The van der Waals surface area contributed by atoms with Crippen molar-refractivity contribution in [3.63, 3.8) is 0 Å². The Bertz CT molecular complexity index is 907. The largest absolute Gasteiger partial charge is 0.481 e. The van der Waals surface area contributed by atoms with E-state index in [2.05, 4.69) is 9.88 Å². The summed E-state index contributed by atoms with van der Waals surface area (Å²) in [6.45, 7) is 0.957. The Hall–Kier alpha value is -2.59. The van der Waals surface area contributed by atoms with Crippen LogP contribution in [0.5, 0.6) is 0 Å². The van der Waals surface area contributed by atoms with Gasteiger partial charge in [0.1, 0.15) is 0 Å². The number of aromatic amines is 1. The lowest BCUT2D eigenvalue weighted by Gasteiger charge is -2.16. The highest BCUT2D eigenvalue weighted by Gasteiger charge is 2.13. The number of aromatic nitrogens is 1. The summed E-state index contributed by atoms with van der Waals surface area (Å²) in [6, 6.07) is 5.67. The Morgan fingerprint density at radius 3 is 2.11 bits per heavy atom. The summed E-state index contributed by atoms with van der Waals surface area (Å²) in [6.07, 6.45) is 3.55. The molecule has 0 aliphatic carbocycles. The molecule has 0 bridgehead atoms. The number of carbonyl (C=O) groups is 2. The number of nitrogens with zero attached hydrogens (tertiary/aromatic N) is 2. The predicted molar refractivity (Wildman–Crippen MR) is 108 cm³/mol. The van der Waals surface area contributed by atoms with E-state index in [1.807, 2.05) is 38.5 Å². The van der Waals surface area contributed by atoms with Crippen molar-refractivity contribution in [2.45, 2.75) is 19.3 Å². The summed E-state index contributed by atoms with van der Waals surface area (Å²) in [5.74, 6) is -2.15. The Balaban J connectivity index is 0.000000416. The maximum Gasteiger partial charge on any atom is 0.303 e. The summed E-state index contributed by atoms with van der Waals surface area (Å²) in [7, 11) is 2.42. The van der Waals surface area contributed by atoms with Crippen molar-refractivity contribution in [2.24, 2.45) is 0 Å². The quantitative estimate of drug-likeness (QED) is 0.599. The molecule has 1 aromatic heterocycles. The van der Waals surface area contributed by atoms with Crippen LogP contribution in [-0.2, 0) is 26.0 Å². The van der Waals surface area contributed by atoms with E-state index in [4.69, 9.17) is 10.2 Å². The summed E-state index contributed by atoms with van der Waals surface area (Å²) in [5, 5.41) is 16.9. The summed E-state index contributed by atoms with van der Waals surface area (Å²) < 4.78 is 24.5. The number of H-pyrrole nitrogens is 1. The lowest BCUT2D eigenvalue weighted by atomic mass is 10.1. The SMILES string of the molecule is CN(C)CCc1c[nH]c2ccc(N(C)S(C)(=O)=O)cc12.O=C(O)CCC(=O)O. The molecule has 10 heteroatoms. The molecule has 2 aromatic rings. The second kappa shape index (κ2) is 10.1. The van der Waals surface area contributed by atoms with Gasteiger partial charge in [-0.15, -0.1) is 0 Å². The summed E-state index contributed by atoms with van der Waals surface area (Å²) in [5.41, 5.74) is 2.92. The predicted octanol–water partition coefficient (Wildman–Crippen LogP) is 1.60. The highest BCUT2D eigenvalue weighted by molar-refractivity contribution is 7.92. The number of carboxylic acid groups (broad SMARTS) is 2. The van der Waals surface area contributed by atoms with Crippen LogP contribution in [0.1, 0.15) is 18.4 Å². The van der Waals surface area contributed by atoms with Gasteiger partial charge in [-0.3, -0.25) is 13.9 Å². The second-order valence-electron chi connectivity index (χ2n) is 6.62. The standard InChI is InChI=1S/C14H21N3O2S.C4H6O4/c1-16(2)8-7-11-10-15-14-6-5-12(9-13(11)14)17(3)20(4,18)19;5-3(6)1-2-4(7)8/h5-6,9-10,15H,7-8H2,1-4H3;1-2H2,(H,5,6)(H,7,8). The Morgan fingerprint density at radius 2 is 1.64 bits per heavy atom. The number of rotatable bonds is 8. The molecule has 0 unspecified atom stereocenters. The Labute approximate surface area is 164 Å². The molecule has 0 radical (unpaired) electrons. The molecule has 0 aliphatic heterocycles. The van der Waals surface area contributed by atoms with Gasteiger partial charge in [-0.1, -0.05) is 0 Å². The average molecular weight is 413 g/mol. The molecule has 0 amide bonds. The van der Waals surface area contributed by atoms with Crippen LogP contribution in [0.25, 0.3) is 10.9 Å². The second-order valence-corrected chi connectivity index (χ2v) is 8.63. The molecule has 0 saturated heterocycles. The number of hydrogen-bond acceptors (Lipinski definition) is 5. The van der Waals surface area contributed by atoms with Crippen LogP contribution in [0, 0.1) is 0 Å². The van der Waals surface area contributed by atoms with Gasteiger partial charge in [0.15, 0.2) is 0 Å². The molecule has 3 N–H and O–H groups in total. The fourth-order valence-corrected chi connectivity index (χ4v) is 2.82. The van der Waals surface area contributed by atoms with E-state index in [0.29, 0.717) is 5.69 Å². The molecule has 0 atom stereocenters. The van der Waals surface area contributed by atoms with Crippen molar-refractivity contribution >= 4 is 38.6 Å². The average Bonchev–Trinajstić information content (AvgIpc) is 2.99. The lowest BCUT2D eigenvalue weighted by Crippen LogP contribution is -2.24. The van der Waals surface area contributed by atoms with Crippen LogP contribution in [0.2, 0.25) is 0 Å². The fourth-order valence-electron chi connectivity index (χ4n) is 2.32. The lowest BCUT2D eigenvalue weighted by molar-refractivity contribution is -0.143. The summed E-state index contributed by atoms with van der Waals surface area (Å²) in [4.78, 5) is 24.6. The number of likely N-dealkylation sites (N-methyl/N-ethyl adjacent to an activating group) is 1. The van der Waals surface area contributed by atoms with E-state index < -0.39 is 22.0 Å². The van der Waals surface area contributed by atoms with Crippen LogP contribution in [0.4, 0.5) is 5.69 Å². The molecule has 0 aliphatic rings. The number of sulfonamides is 1. The van der Waals surface area contributed by atoms with Crippen molar-refractivity contribution in [1.82, 2.24) is 9.88 Å². The third-order valence-electron chi connectivity index (χ3n) is 3.99. The monoisotopic (exact) mass is 413 g/mol. The van der Waals surface area contributed by atoms with Crippen LogP contribution in [-0.4, -0.2) is 74.4 Å². The van der Waals surface area contributed by atoms with Crippen molar-refractivity contribution in [2.75, 3.05) is 38.2 Å². The maximum atomic E-state index is 11.6. The normalized spacial score (nSPS) is 11.2. The number of aliphatic carboxylic acids is 2. The number of fused-ring (bicyclic) bond motifs is 1. The zero-order valence-electron chi connectivity index (χ0n) is 16.5. The number of anilines is 1. The smallest absolute Gasteiger partial charge is 0.303 e. The zero-order valence-corrected chi connectivity index (χ0v) is 17.3. The minimum atomic E-state index is -3.23. The highest BCUT2D eigenvalue weighted by atomic mass is 32.2. The Kier molecular flexibility index (Phi) is 8.45. The molecule has 28 heavy (non-hydrogen) atoms. The third-order valence-corrected chi connectivity index (χ3v) is 5.20. The summed E-state index contributed by atoms with van der Waals surface area (Å²) >= 11 is 0. The first-order chi connectivity index (χ1) is 12.9. The van der Waals surface area contributed by atoms with E-state index in [-0.39, 0.29) is 12.8 Å². The minimum absolute atomic E-state index is 0.296. The van der Waals surface area contributed by atoms with Crippen LogP contribution in [0.3, 0.4) is 0 Å². The molecule has 0 spiro atoms. The van der Waals surface area contributed by atoms with Crippen molar-refractivity contribution in [3.05, 3.63) is 30.0 Å². The van der Waals surface area contributed by atoms with Gasteiger partial charge in [-0.05, 0) is 44.3 Å². The molecule has 0 saturated carbocycles. The first-order valence-corrected chi connectivity index (χ1v) is 10.4. The van der Waals surface area contributed by atoms with Crippen molar-refractivity contribution in [3.8, 4) is 0 Å². The van der Waals surface area contributed by atoms with Gasteiger partial charge in [0, 0.05) is 30.7 Å². The fraction of sp³-hybridized carbons (Fsp3) is 0.444. The molecule has 1 heterocycles. The van der Waals surface area contributed by atoms with E-state index in [1.165, 1.54) is 16.1 Å². The van der Waals surface area contributed by atoms with Gasteiger partial charge < -0.3 is 20.1 Å². The minimum Gasteiger partial charge on any atom is -0.481 e. The number of hydrogen-bond donors (Lipinski definition) is 3. The van der Waals surface area contributed by atoms with Crippen molar-refractivity contribution in [1.29, 1.82) is 0 Å². The molecule has 1 aromatic carbocycles. The van der Waals surface area contributed by atoms with Crippen LogP contribution < -0.4 is 4.31 Å². The van der Waals surface area contributed by atoms with Gasteiger partial charge in [0.25, 0.3) is 0 Å². The Morgan fingerprint density at radius 1 is 1.07 bits per heavy atom. The van der Waals surface area contributed by atoms with Gasteiger partial charge in [-0.2, -0.15) is 0 Å². The molecular formula is C18H27N3O6S. The van der Waals surface area contributed by atoms with Gasteiger partial charge in [0.05, 0.1) is 24.8 Å².